The summed E-state index contributed by atoms with van der Waals surface area (Å²) in [5, 5.41) is 18.2. The van der Waals surface area contributed by atoms with Crippen molar-refractivity contribution in [3.05, 3.63) is 137 Å². The Balaban J connectivity index is 1.33. The van der Waals surface area contributed by atoms with E-state index in [1.807, 2.05) is 36.4 Å². The van der Waals surface area contributed by atoms with Crippen molar-refractivity contribution in [2.45, 2.75) is 51.7 Å². The summed E-state index contributed by atoms with van der Waals surface area (Å²) in [5.41, 5.74) is 6.18. The van der Waals surface area contributed by atoms with Crippen LogP contribution in [0.3, 0.4) is 0 Å². The Kier molecular flexibility index (Phi) is 11.7. The minimum absolute atomic E-state index is 0.159. The molecule has 0 bridgehead atoms. The van der Waals surface area contributed by atoms with Crippen LogP contribution >= 0.6 is 0 Å². The topological polar surface area (TPSA) is 87.1 Å². The zero-order valence-corrected chi connectivity index (χ0v) is 24.0. The molecule has 0 aliphatic carbocycles. The Labute approximate surface area is 248 Å². The summed E-state index contributed by atoms with van der Waals surface area (Å²) in [7, 11) is 0. The number of hydrogen-bond donors (Lipinski definition) is 2. The molecule has 2 N–H and O–H groups in total. The highest BCUT2D eigenvalue weighted by molar-refractivity contribution is 5.87. The van der Waals surface area contributed by atoms with Gasteiger partial charge in [0.1, 0.15) is 12.4 Å². The third-order valence-electron chi connectivity index (χ3n) is 7.35. The van der Waals surface area contributed by atoms with Crippen molar-refractivity contribution in [2.75, 3.05) is 13.1 Å². The van der Waals surface area contributed by atoms with Gasteiger partial charge in [-0.15, -0.1) is 0 Å². The predicted molar refractivity (Wildman–Crippen MR) is 165 cm³/mol. The van der Waals surface area contributed by atoms with E-state index in [0.717, 1.165) is 61.2 Å². The van der Waals surface area contributed by atoms with E-state index in [0.29, 0.717) is 19.6 Å². The number of aromatic carboxylic acids is 1. The van der Waals surface area contributed by atoms with E-state index in [4.69, 9.17) is 9.84 Å². The van der Waals surface area contributed by atoms with Gasteiger partial charge in [0.05, 0.1) is 5.56 Å². The molecule has 4 aromatic carbocycles. The zero-order chi connectivity index (χ0) is 29.6. The van der Waals surface area contributed by atoms with Crippen LogP contribution in [0.5, 0.6) is 5.75 Å². The minimum atomic E-state index is -0.942. The monoisotopic (exact) mass is 567 g/mol. The molecule has 42 heavy (non-hydrogen) atoms. The number of rotatable bonds is 17. The van der Waals surface area contributed by atoms with Gasteiger partial charge in [-0.05, 0) is 84.7 Å². The largest absolute Gasteiger partial charge is 0.489 e. The fraction of sp³-hybridized carbons (Fsp3) is 0.278. The number of unbranched alkanes of at least 4 members (excludes halogenated alkanes) is 1. The number of ether oxygens (including phenoxy) is 1. The average molecular weight is 568 g/mol. The SMILES string of the molecule is O=C(O)CCCCN(CCc1ccccc1O[14CH2]c1ccc(CCc2ccccc2)cc1)Cc1ccc(C(=O)O)cc1. The summed E-state index contributed by atoms with van der Waals surface area (Å²) < 4.78 is 6.26. The molecular formula is C36H39NO5. The van der Waals surface area contributed by atoms with Crippen molar-refractivity contribution >= 4 is 11.9 Å². The molecule has 0 fully saturated rings. The first-order valence-electron chi connectivity index (χ1n) is 14.5. The van der Waals surface area contributed by atoms with Crippen LogP contribution in [0.1, 0.15) is 57.4 Å². The second kappa shape index (κ2) is 16.1. The normalized spacial score (nSPS) is 11.0. The summed E-state index contributed by atoms with van der Waals surface area (Å²) in [4.78, 5) is 24.5. The van der Waals surface area contributed by atoms with Gasteiger partial charge in [-0.25, -0.2) is 4.79 Å². The van der Waals surface area contributed by atoms with Crippen molar-refractivity contribution in [1.29, 1.82) is 0 Å². The molecule has 0 atom stereocenters. The van der Waals surface area contributed by atoms with E-state index in [1.165, 1.54) is 11.1 Å². The fourth-order valence-corrected chi connectivity index (χ4v) is 4.92. The second-order valence-corrected chi connectivity index (χ2v) is 10.6. The van der Waals surface area contributed by atoms with E-state index < -0.39 is 11.9 Å². The van der Waals surface area contributed by atoms with Crippen LogP contribution in [0, 0.1) is 0 Å². The number of carboxylic acid groups (broad SMARTS) is 2. The molecular weight excluding hydrogens is 528 g/mol. The maximum Gasteiger partial charge on any atom is 0.335 e. The summed E-state index contributed by atoms with van der Waals surface area (Å²) in [6.07, 6.45) is 4.36. The van der Waals surface area contributed by atoms with Gasteiger partial charge < -0.3 is 14.9 Å². The van der Waals surface area contributed by atoms with Gasteiger partial charge >= 0.3 is 11.9 Å². The highest BCUT2D eigenvalue weighted by Crippen LogP contribution is 2.21. The predicted octanol–water partition coefficient (Wildman–Crippen LogP) is 7.05. The average Bonchev–Trinajstić information content (AvgIpc) is 3.01. The molecule has 0 aliphatic rings. The highest BCUT2D eigenvalue weighted by Gasteiger charge is 2.11. The third-order valence-corrected chi connectivity index (χ3v) is 7.35. The number of para-hydroxylation sites is 1. The van der Waals surface area contributed by atoms with Crippen molar-refractivity contribution in [3.8, 4) is 5.75 Å². The van der Waals surface area contributed by atoms with Crippen LogP contribution in [-0.4, -0.2) is 40.1 Å². The summed E-state index contributed by atoms with van der Waals surface area (Å²) >= 11 is 0. The Hall–Kier alpha value is -4.42. The molecule has 6 heteroatoms. The highest BCUT2D eigenvalue weighted by atomic mass is 16.6. The fourth-order valence-electron chi connectivity index (χ4n) is 4.92. The molecule has 0 aliphatic heterocycles. The molecule has 0 amide bonds. The van der Waals surface area contributed by atoms with E-state index >= 15 is 0 Å². The smallest absolute Gasteiger partial charge is 0.335 e. The number of nitrogens with zero attached hydrogens (tertiary/aromatic N) is 1. The van der Waals surface area contributed by atoms with Gasteiger partial charge in [-0.3, -0.25) is 9.69 Å². The lowest BCUT2D eigenvalue weighted by atomic mass is 10.0. The Morgan fingerprint density at radius 1 is 0.667 bits per heavy atom. The molecule has 0 radical (unpaired) electrons. The first kappa shape index (κ1) is 30.5. The maximum atomic E-state index is 11.2. The van der Waals surface area contributed by atoms with E-state index in [1.54, 1.807) is 12.1 Å². The first-order chi connectivity index (χ1) is 20.5. The number of carboxylic acids is 2. The molecule has 0 spiro atoms. The molecule has 0 saturated heterocycles. The molecule has 218 valence electrons. The molecule has 4 rings (SSSR count). The van der Waals surface area contributed by atoms with Gasteiger partial charge in [0.2, 0.25) is 0 Å². The quantitative estimate of drug-likeness (QED) is 0.133. The number of benzene rings is 4. The van der Waals surface area contributed by atoms with Gasteiger partial charge in [0.25, 0.3) is 0 Å². The molecule has 0 saturated carbocycles. The first-order valence-corrected chi connectivity index (χ1v) is 14.5. The maximum absolute atomic E-state index is 11.2. The zero-order valence-electron chi connectivity index (χ0n) is 24.0. The van der Waals surface area contributed by atoms with Gasteiger partial charge in [-0.2, -0.15) is 0 Å². The lowest BCUT2D eigenvalue weighted by Crippen LogP contribution is -2.27. The summed E-state index contributed by atoms with van der Waals surface area (Å²) in [6.45, 7) is 2.68. The van der Waals surface area contributed by atoms with Gasteiger partial charge in [0.15, 0.2) is 0 Å². The number of hydrogen-bond acceptors (Lipinski definition) is 4. The van der Waals surface area contributed by atoms with Crippen LogP contribution in [0.15, 0.2) is 103 Å². The molecule has 6 nitrogen and oxygen atoms in total. The Morgan fingerprint density at radius 3 is 2.00 bits per heavy atom. The van der Waals surface area contributed by atoms with Crippen LogP contribution < -0.4 is 4.74 Å². The van der Waals surface area contributed by atoms with E-state index in [9.17, 15) is 14.7 Å². The Bertz CT molecular complexity index is 1400. The summed E-state index contributed by atoms with van der Waals surface area (Å²) in [6, 6.07) is 34.2. The standard InChI is InChI=1S/C36H39NO5/c38-35(39)12-6-7-24-37(26-30-19-21-33(22-20-30)36(40)41)25-23-32-10-4-5-11-34(32)42-27-31-17-15-29(16-18-31)14-13-28-8-2-1-3-9-28/h1-5,8-11,15-22H,6-7,12-14,23-27H2,(H,38,39)(H,40,41)/i27+2. The van der Waals surface area contributed by atoms with Gasteiger partial charge in [0, 0.05) is 19.5 Å². The third kappa shape index (κ3) is 10.2. The van der Waals surface area contributed by atoms with E-state index in [-0.39, 0.29) is 12.0 Å². The van der Waals surface area contributed by atoms with E-state index in [2.05, 4.69) is 59.5 Å². The minimum Gasteiger partial charge on any atom is -0.489 e. The van der Waals surface area contributed by atoms with Crippen LogP contribution in [0.2, 0.25) is 0 Å². The lowest BCUT2D eigenvalue weighted by molar-refractivity contribution is -0.137. The summed E-state index contributed by atoms with van der Waals surface area (Å²) in [5.74, 6) is -0.858. The molecule has 4 aromatic rings. The number of aliphatic carboxylic acids is 1. The van der Waals surface area contributed by atoms with Crippen molar-refractivity contribution < 1.29 is 24.5 Å². The van der Waals surface area contributed by atoms with Crippen molar-refractivity contribution in [1.82, 2.24) is 4.90 Å². The van der Waals surface area contributed by atoms with Crippen LogP contribution in [0.25, 0.3) is 0 Å². The molecule has 0 unspecified atom stereocenters. The van der Waals surface area contributed by atoms with Crippen molar-refractivity contribution in [3.63, 3.8) is 0 Å². The second-order valence-electron chi connectivity index (χ2n) is 10.6. The van der Waals surface area contributed by atoms with Crippen molar-refractivity contribution in [2.24, 2.45) is 0 Å². The van der Waals surface area contributed by atoms with Crippen LogP contribution in [-0.2, 0) is 37.2 Å². The Morgan fingerprint density at radius 2 is 1.31 bits per heavy atom. The molecule has 0 aromatic heterocycles. The number of aryl methyl sites for hydroxylation is 2. The van der Waals surface area contributed by atoms with Crippen LogP contribution in [0.4, 0.5) is 0 Å². The lowest BCUT2D eigenvalue weighted by Gasteiger charge is -2.23. The number of carbonyl (C=O) groups is 2. The molecule has 0 heterocycles. The van der Waals surface area contributed by atoms with Gasteiger partial charge in [-0.1, -0.05) is 84.9 Å².